The van der Waals surface area contributed by atoms with Gasteiger partial charge in [-0.05, 0) is 60.1 Å². The predicted octanol–water partition coefficient (Wildman–Crippen LogP) is 2.14. The topological polar surface area (TPSA) is 41.6 Å². The van der Waals surface area contributed by atoms with Crippen molar-refractivity contribution in [3.8, 4) is 5.75 Å². The van der Waals surface area contributed by atoms with Gasteiger partial charge in [0.05, 0.1) is 12.7 Å². The molecule has 19 heavy (non-hydrogen) atoms. The van der Waals surface area contributed by atoms with Crippen LogP contribution in [0.2, 0.25) is 0 Å². The van der Waals surface area contributed by atoms with Crippen molar-refractivity contribution in [1.82, 2.24) is 10.2 Å². The van der Waals surface area contributed by atoms with Crippen molar-refractivity contribution >= 4 is 21.8 Å². The van der Waals surface area contributed by atoms with Crippen molar-refractivity contribution in [2.24, 2.45) is 5.92 Å². The minimum Gasteiger partial charge on any atom is -0.497 e. The molecule has 2 rings (SSSR count). The van der Waals surface area contributed by atoms with Crippen LogP contribution in [0.15, 0.2) is 22.7 Å². The van der Waals surface area contributed by atoms with E-state index in [9.17, 15) is 4.79 Å². The Bertz CT molecular complexity index is 465. The third kappa shape index (κ3) is 3.28. The molecule has 1 aromatic carbocycles. The second kappa shape index (κ2) is 6.39. The normalized spacial score (nSPS) is 18.7. The molecule has 1 amide bonds. The van der Waals surface area contributed by atoms with Gasteiger partial charge in [0.2, 0.25) is 0 Å². The molecule has 1 atom stereocenters. The number of benzene rings is 1. The Labute approximate surface area is 122 Å². The summed E-state index contributed by atoms with van der Waals surface area (Å²) in [5.74, 6) is 1.33. The van der Waals surface area contributed by atoms with Crippen LogP contribution in [0.1, 0.15) is 16.8 Å². The Hall–Kier alpha value is -1.07. The summed E-state index contributed by atoms with van der Waals surface area (Å²) in [7, 11) is 3.55. The Morgan fingerprint density at radius 3 is 3.05 bits per heavy atom. The molecule has 1 N–H and O–H groups in total. The van der Waals surface area contributed by atoms with Crippen LogP contribution in [-0.2, 0) is 0 Å². The molecule has 1 aliphatic rings. The number of nitrogens with one attached hydrogen (secondary N) is 1. The van der Waals surface area contributed by atoms with Gasteiger partial charge in [-0.15, -0.1) is 0 Å². The van der Waals surface area contributed by atoms with Crippen LogP contribution >= 0.6 is 15.9 Å². The monoisotopic (exact) mass is 326 g/mol. The number of hydrogen-bond acceptors (Lipinski definition) is 3. The number of ether oxygens (including phenoxy) is 1. The zero-order chi connectivity index (χ0) is 13.8. The SMILES string of the molecule is CNC[C@@H]1CCN(C(=O)c2cc(OC)ccc2Br)C1. The summed E-state index contributed by atoms with van der Waals surface area (Å²) in [6, 6.07) is 5.49. The molecule has 0 aliphatic carbocycles. The van der Waals surface area contributed by atoms with Gasteiger partial charge >= 0.3 is 0 Å². The van der Waals surface area contributed by atoms with Crippen LogP contribution in [0.4, 0.5) is 0 Å². The van der Waals surface area contributed by atoms with Crippen LogP contribution in [-0.4, -0.2) is 44.6 Å². The minimum absolute atomic E-state index is 0.0735. The number of likely N-dealkylation sites (tertiary alicyclic amines) is 1. The molecule has 104 valence electrons. The van der Waals surface area contributed by atoms with Crippen LogP contribution < -0.4 is 10.1 Å². The number of amides is 1. The Kier molecular flexibility index (Phi) is 4.82. The number of carbonyl (C=O) groups excluding carboxylic acids is 1. The average molecular weight is 327 g/mol. The second-order valence-corrected chi connectivity index (χ2v) is 5.66. The van der Waals surface area contributed by atoms with Gasteiger partial charge in [0.1, 0.15) is 5.75 Å². The van der Waals surface area contributed by atoms with Gasteiger partial charge in [0, 0.05) is 17.6 Å². The largest absolute Gasteiger partial charge is 0.497 e. The molecule has 1 heterocycles. The molecule has 0 radical (unpaired) electrons. The first-order valence-electron chi connectivity index (χ1n) is 6.43. The van der Waals surface area contributed by atoms with Crippen LogP contribution in [0, 0.1) is 5.92 Å². The highest BCUT2D eigenvalue weighted by atomic mass is 79.9. The number of carbonyl (C=O) groups is 1. The van der Waals surface area contributed by atoms with E-state index < -0.39 is 0 Å². The number of halogens is 1. The van der Waals surface area contributed by atoms with Gasteiger partial charge in [0.25, 0.3) is 5.91 Å². The van der Waals surface area contributed by atoms with Gasteiger partial charge < -0.3 is 15.0 Å². The lowest BCUT2D eigenvalue weighted by Gasteiger charge is -2.18. The lowest BCUT2D eigenvalue weighted by Crippen LogP contribution is -2.30. The second-order valence-electron chi connectivity index (χ2n) is 4.81. The quantitative estimate of drug-likeness (QED) is 0.921. The van der Waals surface area contributed by atoms with Crippen molar-refractivity contribution in [3.63, 3.8) is 0 Å². The first kappa shape index (κ1) is 14.3. The van der Waals surface area contributed by atoms with Crippen molar-refractivity contribution in [3.05, 3.63) is 28.2 Å². The maximum Gasteiger partial charge on any atom is 0.255 e. The van der Waals surface area contributed by atoms with Gasteiger partial charge in [0.15, 0.2) is 0 Å². The molecule has 1 aliphatic heterocycles. The Morgan fingerprint density at radius 2 is 2.37 bits per heavy atom. The highest BCUT2D eigenvalue weighted by molar-refractivity contribution is 9.10. The Morgan fingerprint density at radius 1 is 1.58 bits per heavy atom. The van der Waals surface area contributed by atoms with E-state index in [1.165, 1.54) is 0 Å². The maximum absolute atomic E-state index is 12.5. The molecular weight excluding hydrogens is 308 g/mol. The summed E-state index contributed by atoms with van der Waals surface area (Å²) in [5.41, 5.74) is 0.671. The molecule has 4 nitrogen and oxygen atoms in total. The van der Waals surface area contributed by atoms with Crippen molar-refractivity contribution in [2.45, 2.75) is 6.42 Å². The van der Waals surface area contributed by atoms with E-state index >= 15 is 0 Å². The number of rotatable bonds is 4. The third-order valence-electron chi connectivity index (χ3n) is 3.47. The summed E-state index contributed by atoms with van der Waals surface area (Å²) < 4.78 is 6.00. The number of methoxy groups -OCH3 is 1. The average Bonchev–Trinajstić information content (AvgIpc) is 2.88. The Balaban J connectivity index is 2.12. The fourth-order valence-corrected chi connectivity index (χ4v) is 2.85. The molecule has 1 aromatic rings. The van der Waals surface area contributed by atoms with E-state index in [4.69, 9.17) is 4.74 Å². The summed E-state index contributed by atoms with van der Waals surface area (Å²) in [4.78, 5) is 14.4. The summed E-state index contributed by atoms with van der Waals surface area (Å²) in [6.07, 6.45) is 1.06. The fraction of sp³-hybridized carbons (Fsp3) is 0.500. The standard InChI is InChI=1S/C14H19BrN2O2/c1-16-8-10-5-6-17(9-10)14(18)12-7-11(19-2)3-4-13(12)15/h3-4,7,10,16H,5-6,8-9H2,1-2H3/t10-/m0/s1. The summed E-state index contributed by atoms with van der Waals surface area (Å²) in [5, 5.41) is 3.17. The van der Waals surface area contributed by atoms with Crippen LogP contribution in [0.25, 0.3) is 0 Å². The first-order chi connectivity index (χ1) is 9.15. The highest BCUT2D eigenvalue weighted by Crippen LogP contribution is 2.26. The first-order valence-corrected chi connectivity index (χ1v) is 7.22. The van der Waals surface area contributed by atoms with Crippen LogP contribution in [0.5, 0.6) is 5.75 Å². The van der Waals surface area contributed by atoms with Gasteiger partial charge in [-0.2, -0.15) is 0 Å². The maximum atomic E-state index is 12.5. The molecule has 0 aromatic heterocycles. The lowest BCUT2D eigenvalue weighted by atomic mass is 10.1. The molecule has 0 saturated carbocycles. The van der Waals surface area contributed by atoms with E-state index in [0.717, 1.165) is 30.5 Å². The third-order valence-corrected chi connectivity index (χ3v) is 4.16. The van der Waals surface area contributed by atoms with Crippen LogP contribution in [0.3, 0.4) is 0 Å². The van der Waals surface area contributed by atoms with Gasteiger partial charge in [-0.25, -0.2) is 0 Å². The smallest absolute Gasteiger partial charge is 0.255 e. The molecule has 5 heteroatoms. The van der Waals surface area contributed by atoms with Crippen molar-refractivity contribution in [2.75, 3.05) is 33.8 Å². The lowest BCUT2D eigenvalue weighted by molar-refractivity contribution is 0.0786. The van der Waals surface area contributed by atoms with Gasteiger partial charge in [-0.1, -0.05) is 0 Å². The molecule has 0 bridgehead atoms. The summed E-state index contributed by atoms with van der Waals surface area (Å²) >= 11 is 3.44. The minimum atomic E-state index is 0.0735. The molecular formula is C14H19BrN2O2. The molecule has 1 saturated heterocycles. The van der Waals surface area contributed by atoms with Gasteiger partial charge in [-0.3, -0.25) is 4.79 Å². The van der Waals surface area contributed by atoms with E-state index in [1.54, 1.807) is 13.2 Å². The van der Waals surface area contributed by atoms with E-state index in [1.807, 2.05) is 24.1 Å². The number of hydrogen-bond donors (Lipinski definition) is 1. The van der Waals surface area contributed by atoms with E-state index in [2.05, 4.69) is 21.2 Å². The molecule has 1 fully saturated rings. The van der Waals surface area contributed by atoms with E-state index in [0.29, 0.717) is 17.2 Å². The van der Waals surface area contributed by atoms with Crippen molar-refractivity contribution < 1.29 is 9.53 Å². The summed E-state index contributed by atoms with van der Waals surface area (Å²) in [6.45, 7) is 2.61. The number of nitrogens with zero attached hydrogens (tertiary/aromatic N) is 1. The zero-order valence-corrected chi connectivity index (χ0v) is 12.9. The zero-order valence-electron chi connectivity index (χ0n) is 11.3. The van der Waals surface area contributed by atoms with Crippen molar-refractivity contribution in [1.29, 1.82) is 0 Å². The highest BCUT2D eigenvalue weighted by Gasteiger charge is 2.27. The van der Waals surface area contributed by atoms with E-state index in [-0.39, 0.29) is 5.91 Å². The molecule has 0 spiro atoms. The predicted molar refractivity (Wildman–Crippen MR) is 78.6 cm³/mol. The molecule has 0 unspecified atom stereocenters. The fourth-order valence-electron chi connectivity index (χ4n) is 2.44.